The number of benzene rings is 2. The van der Waals surface area contributed by atoms with Gasteiger partial charge in [0.25, 0.3) is 5.91 Å². The van der Waals surface area contributed by atoms with Crippen molar-refractivity contribution >= 4 is 27.3 Å². The van der Waals surface area contributed by atoms with Crippen LogP contribution in [0.25, 0.3) is 0 Å². The molecule has 2 aromatic carbocycles. The second-order valence-corrected chi connectivity index (χ2v) is 8.05. The third-order valence-electron chi connectivity index (χ3n) is 3.84. The van der Waals surface area contributed by atoms with Crippen LogP contribution >= 0.6 is 11.6 Å². The van der Waals surface area contributed by atoms with Gasteiger partial charge in [-0.1, -0.05) is 30.7 Å². The van der Waals surface area contributed by atoms with E-state index in [0.717, 1.165) is 11.8 Å². The maximum atomic E-state index is 12.5. The Morgan fingerprint density at radius 3 is 2.32 bits per heavy atom. The number of hydrogen-bond acceptors (Lipinski definition) is 4. The molecule has 0 radical (unpaired) electrons. The summed E-state index contributed by atoms with van der Waals surface area (Å²) >= 11 is 6.06. The van der Waals surface area contributed by atoms with E-state index in [1.165, 1.54) is 7.11 Å². The SMILES string of the molecule is CC[C@@H](NC(=O)c1ccc(OC)c(Cl)c1)c1ccc(S(C)(=O)=O)cc1. The van der Waals surface area contributed by atoms with Crippen LogP contribution in [0.5, 0.6) is 5.75 Å². The number of hydrogen-bond donors (Lipinski definition) is 1. The molecule has 1 amide bonds. The van der Waals surface area contributed by atoms with Crippen molar-refractivity contribution in [1.29, 1.82) is 0 Å². The first kappa shape index (κ1) is 19.3. The number of rotatable bonds is 6. The largest absolute Gasteiger partial charge is 0.495 e. The summed E-state index contributed by atoms with van der Waals surface area (Å²) in [5.74, 6) is 0.241. The summed E-state index contributed by atoms with van der Waals surface area (Å²) in [4.78, 5) is 12.7. The lowest BCUT2D eigenvalue weighted by molar-refractivity contribution is 0.0935. The Morgan fingerprint density at radius 2 is 1.84 bits per heavy atom. The average molecular weight is 382 g/mol. The third-order valence-corrected chi connectivity index (χ3v) is 5.26. The van der Waals surface area contributed by atoms with Crippen molar-refractivity contribution in [2.45, 2.75) is 24.3 Å². The maximum Gasteiger partial charge on any atom is 0.251 e. The van der Waals surface area contributed by atoms with Crippen LogP contribution in [0.3, 0.4) is 0 Å². The highest BCUT2D eigenvalue weighted by Crippen LogP contribution is 2.26. The molecule has 25 heavy (non-hydrogen) atoms. The molecule has 134 valence electrons. The van der Waals surface area contributed by atoms with Crippen LogP contribution in [0.1, 0.15) is 35.3 Å². The first-order valence-corrected chi connectivity index (χ1v) is 9.97. The molecule has 0 aliphatic carbocycles. The molecule has 0 spiro atoms. The minimum Gasteiger partial charge on any atom is -0.495 e. The lowest BCUT2D eigenvalue weighted by atomic mass is 10.0. The first-order chi connectivity index (χ1) is 11.8. The molecule has 0 unspecified atom stereocenters. The smallest absolute Gasteiger partial charge is 0.251 e. The molecule has 0 saturated heterocycles. The van der Waals surface area contributed by atoms with Crippen LogP contribution in [0, 0.1) is 0 Å². The van der Waals surface area contributed by atoms with Crippen molar-refractivity contribution in [3.8, 4) is 5.75 Å². The Balaban J connectivity index is 2.18. The summed E-state index contributed by atoms with van der Waals surface area (Å²) in [6.45, 7) is 1.94. The first-order valence-electron chi connectivity index (χ1n) is 7.70. The second-order valence-electron chi connectivity index (χ2n) is 5.62. The van der Waals surface area contributed by atoms with E-state index in [0.29, 0.717) is 22.8 Å². The van der Waals surface area contributed by atoms with Crippen molar-refractivity contribution in [2.24, 2.45) is 0 Å². The number of methoxy groups -OCH3 is 1. The van der Waals surface area contributed by atoms with Crippen LogP contribution in [0.15, 0.2) is 47.4 Å². The standard InChI is InChI=1S/C18H20ClNO4S/c1-4-16(12-5-8-14(9-6-12)25(3,22)23)20-18(21)13-7-10-17(24-2)15(19)11-13/h5-11,16H,4H2,1-3H3,(H,20,21)/t16-/m1/s1. The number of nitrogens with one attached hydrogen (secondary N) is 1. The molecular weight excluding hydrogens is 362 g/mol. The Kier molecular flexibility index (Phi) is 6.08. The van der Waals surface area contributed by atoms with E-state index in [1.54, 1.807) is 42.5 Å². The van der Waals surface area contributed by atoms with Gasteiger partial charge in [-0.2, -0.15) is 0 Å². The molecule has 0 aliphatic heterocycles. The van der Waals surface area contributed by atoms with E-state index >= 15 is 0 Å². The predicted molar refractivity (Wildman–Crippen MR) is 98.1 cm³/mol. The van der Waals surface area contributed by atoms with E-state index in [9.17, 15) is 13.2 Å². The summed E-state index contributed by atoms with van der Waals surface area (Å²) in [5, 5.41) is 3.30. The van der Waals surface area contributed by atoms with E-state index < -0.39 is 9.84 Å². The molecule has 5 nitrogen and oxygen atoms in total. The monoisotopic (exact) mass is 381 g/mol. The Hall–Kier alpha value is -2.05. The average Bonchev–Trinajstić information content (AvgIpc) is 2.58. The number of halogens is 1. The van der Waals surface area contributed by atoms with Gasteiger partial charge in [-0.15, -0.1) is 0 Å². The highest BCUT2D eigenvalue weighted by molar-refractivity contribution is 7.90. The number of carbonyl (C=O) groups excluding carboxylic acids is 1. The van der Waals surface area contributed by atoms with Gasteiger partial charge in [-0.25, -0.2) is 8.42 Å². The molecule has 0 fully saturated rings. The van der Waals surface area contributed by atoms with Crippen molar-refractivity contribution < 1.29 is 17.9 Å². The van der Waals surface area contributed by atoms with Gasteiger partial charge >= 0.3 is 0 Å². The minimum atomic E-state index is -3.24. The Bertz CT molecular complexity index is 863. The van der Waals surface area contributed by atoms with E-state index in [4.69, 9.17) is 16.3 Å². The second kappa shape index (κ2) is 7.89. The molecular formula is C18H20ClNO4S. The molecule has 0 heterocycles. The lowest BCUT2D eigenvalue weighted by Gasteiger charge is -2.18. The zero-order valence-corrected chi connectivity index (χ0v) is 15.8. The molecule has 0 aliphatic rings. The molecule has 7 heteroatoms. The highest BCUT2D eigenvalue weighted by Gasteiger charge is 2.16. The van der Waals surface area contributed by atoms with Crippen molar-refractivity contribution in [1.82, 2.24) is 5.32 Å². The molecule has 2 aromatic rings. The van der Waals surface area contributed by atoms with Crippen LogP contribution < -0.4 is 10.1 Å². The van der Waals surface area contributed by atoms with Gasteiger partial charge < -0.3 is 10.1 Å². The van der Waals surface area contributed by atoms with Gasteiger partial charge in [-0.05, 0) is 42.3 Å². The van der Waals surface area contributed by atoms with Crippen LogP contribution in [0.2, 0.25) is 5.02 Å². The summed E-state index contributed by atoms with van der Waals surface area (Å²) in [7, 11) is -1.74. The van der Waals surface area contributed by atoms with Crippen LogP contribution in [-0.2, 0) is 9.84 Å². The van der Waals surface area contributed by atoms with Gasteiger partial charge in [-0.3, -0.25) is 4.79 Å². The molecule has 1 N–H and O–H groups in total. The summed E-state index contributed by atoms with van der Waals surface area (Å²) in [6, 6.07) is 11.1. The molecule has 0 bridgehead atoms. The maximum absolute atomic E-state index is 12.5. The quantitative estimate of drug-likeness (QED) is 0.829. The fraction of sp³-hybridized carbons (Fsp3) is 0.278. The molecule has 1 atom stereocenters. The van der Waals surface area contributed by atoms with Crippen molar-refractivity contribution in [3.63, 3.8) is 0 Å². The highest BCUT2D eigenvalue weighted by atomic mass is 35.5. The van der Waals surface area contributed by atoms with Gasteiger partial charge in [0, 0.05) is 11.8 Å². The third kappa shape index (κ3) is 4.74. The fourth-order valence-corrected chi connectivity index (χ4v) is 3.31. The topological polar surface area (TPSA) is 72.5 Å². The van der Waals surface area contributed by atoms with E-state index in [2.05, 4.69) is 5.32 Å². The van der Waals surface area contributed by atoms with E-state index in [1.807, 2.05) is 6.92 Å². The van der Waals surface area contributed by atoms with Crippen LogP contribution in [-0.4, -0.2) is 27.7 Å². The van der Waals surface area contributed by atoms with Crippen molar-refractivity contribution in [3.05, 3.63) is 58.6 Å². The Morgan fingerprint density at radius 1 is 1.20 bits per heavy atom. The fourth-order valence-electron chi connectivity index (χ4n) is 2.42. The van der Waals surface area contributed by atoms with Gasteiger partial charge in [0.05, 0.1) is 23.1 Å². The van der Waals surface area contributed by atoms with Crippen LogP contribution in [0.4, 0.5) is 0 Å². The van der Waals surface area contributed by atoms with Gasteiger partial charge in [0.2, 0.25) is 0 Å². The Labute approximate surface area is 152 Å². The zero-order valence-electron chi connectivity index (χ0n) is 14.2. The van der Waals surface area contributed by atoms with Gasteiger partial charge in [0.15, 0.2) is 9.84 Å². The number of ether oxygens (including phenoxy) is 1. The molecule has 2 rings (SSSR count). The number of sulfone groups is 1. The molecule has 0 aromatic heterocycles. The summed E-state index contributed by atoms with van der Waals surface area (Å²) in [6.07, 6.45) is 1.82. The zero-order chi connectivity index (χ0) is 18.6. The minimum absolute atomic E-state index is 0.234. The lowest BCUT2D eigenvalue weighted by Crippen LogP contribution is -2.28. The summed E-state index contributed by atoms with van der Waals surface area (Å²) in [5.41, 5.74) is 1.26. The number of carbonyl (C=O) groups is 1. The van der Waals surface area contributed by atoms with E-state index in [-0.39, 0.29) is 16.8 Å². The molecule has 0 saturated carbocycles. The summed E-state index contributed by atoms with van der Waals surface area (Å²) < 4.78 is 28.2. The normalized spacial score (nSPS) is 12.5. The van der Waals surface area contributed by atoms with Gasteiger partial charge in [0.1, 0.15) is 5.75 Å². The predicted octanol–water partition coefficient (Wildman–Crippen LogP) is 3.63. The van der Waals surface area contributed by atoms with Crippen molar-refractivity contribution in [2.75, 3.05) is 13.4 Å². The number of amides is 1.